The number of amides is 6. The van der Waals surface area contributed by atoms with Gasteiger partial charge in [-0.05, 0) is 31.2 Å². The van der Waals surface area contributed by atoms with E-state index < -0.39 is 79.3 Å². The third-order valence-electron chi connectivity index (χ3n) is 6.81. The number of nitrogens with zero attached hydrogens (tertiary/aromatic N) is 1. The summed E-state index contributed by atoms with van der Waals surface area (Å²) in [4.78, 5) is 87.5. The number of carboxylic acids is 1. The van der Waals surface area contributed by atoms with Crippen LogP contribution >= 0.6 is 0 Å². The van der Waals surface area contributed by atoms with Crippen LogP contribution in [0.4, 0.5) is 0 Å². The minimum Gasteiger partial charge on any atom is -0.480 e. The molecule has 1 fully saturated rings. The van der Waals surface area contributed by atoms with Gasteiger partial charge in [0.2, 0.25) is 35.4 Å². The molecule has 1 saturated heterocycles. The molecule has 1 heterocycles. The molecule has 0 aliphatic carbocycles. The first kappa shape index (κ1) is 34.7. The lowest BCUT2D eigenvalue weighted by Gasteiger charge is -2.28. The largest absolute Gasteiger partial charge is 0.480 e. The Bertz CT molecular complexity index is 1180. The van der Waals surface area contributed by atoms with Gasteiger partial charge in [-0.2, -0.15) is 0 Å². The molecule has 15 nitrogen and oxygen atoms in total. The highest BCUT2D eigenvalue weighted by Crippen LogP contribution is 2.19. The number of carbonyl (C=O) groups excluding carboxylic acids is 6. The fourth-order valence-electron chi connectivity index (χ4n) is 4.33. The van der Waals surface area contributed by atoms with E-state index in [2.05, 4.69) is 26.6 Å². The van der Waals surface area contributed by atoms with Crippen LogP contribution in [-0.4, -0.2) is 102 Å². The van der Waals surface area contributed by atoms with Crippen molar-refractivity contribution in [3.63, 3.8) is 0 Å². The molecule has 2 rings (SSSR count). The summed E-state index contributed by atoms with van der Waals surface area (Å²) in [7, 11) is 0. The molecule has 8 N–H and O–H groups in total. The smallest absolute Gasteiger partial charge is 0.322 e. The van der Waals surface area contributed by atoms with Crippen molar-refractivity contribution in [2.24, 2.45) is 11.7 Å². The maximum atomic E-state index is 13.0. The van der Waals surface area contributed by atoms with E-state index in [4.69, 9.17) is 10.8 Å². The van der Waals surface area contributed by atoms with Crippen molar-refractivity contribution in [3.8, 4) is 0 Å². The number of hydrogen-bond donors (Lipinski definition) is 7. The highest BCUT2D eigenvalue weighted by Gasteiger charge is 2.37. The van der Waals surface area contributed by atoms with E-state index in [0.29, 0.717) is 19.4 Å². The zero-order valence-electron chi connectivity index (χ0n) is 24.6. The zero-order chi connectivity index (χ0) is 32.1. The Morgan fingerprint density at radius 3 is 2.12 bits per heavy atom. The van der Waals surface area contributed by atoms with Crippen molar-refractivity contribution < 1.29 is 38.7 Å². The second-order valence-corrected chi connectivity index (χ2v) is 10.6. The fourth-order valence-corrected chi connectivity index (χ4v) is 4.33. The summed E-state index contributed by atoms with van der Waals surface area (Å²) in [6.45, 7) is 3.80. The number of likely N-dealkylation sites (tertiary alicyclic amines) is 1. The van der Waals surface area contributed by atoms with Gasteiger partial charge in [-0.25, -0.2) is 0 Å². The average molecular weight is 604 g/mol. The molecule has 1 aliphatic rings. The van der Waals surface area contributed by atoms with Crippen LogP contribution in [0.25, 0.3) is 0 Å². The number of nitrogens with two attached hydrogens (primary N) is 1. The van der Waals surface area contributed by atoms with Gasteiger partial charge in [-0.15, -0.1) is 0 Å². The van der Waals surface area contributed by atoms with Gasteiger partial charge in [-0.3, -0.25) is 33.6 Å². The second-order valence-electron chi connectivity index (χ2n) is 10.6. The first-order chi connectivity index (χ1) is 20.3. The number of benzene rings is 1. The monoisotopic (exact) mass is 603 g/mol. The molecule has 0 radical (unpaired) electrons. The molecule has 0 saturated carbocycles. The number of hydrogen-bond acceptors (Lipinski definition) is 8. The molecule has 4 atom stereocenters. The maximum Gasteiger partial charge on any atom is 0.322 e. The van der Waals surface area contributed by atoms with Crippen molar-refractivity contribution in [3.05, 3.63) is 35.9 Å². The van der Waals surface area contributed by atoms with E-state index in [0.717, 1.165) is 5.56 Å². The topological polar surface area (TPSA) is 229 Å². The summed E-state index contributed by atoms with van der Waals surface area (Å²) in [6, 6.07) is 5.17. The van der Waals surface area contributed by atoms with Crippen LogP contribution in [0.3, 0.4) is 0 Å². The Morgan fingerprint density at radius 1 is 0.884 bits per heavy atom. The van der Waals surface area contributed by atoms with E-state index >= 15 is 0 Å². The van der Waals surface area contributed by atoms with E-state index in [1.54, 1.807) is 30.3 Å². The predicted octanol–water partition coefficient (Wildman–Crippen LogP) is -2.37. The molecule has 236 valence electrons. The second kappa shape index (κ2) is 16.8. The van der Waals surface area contributed by atoms with Crippen molar-refractivity contribution in [1.82, 2.24) is 31.5 Å². The third-order valence-corrected chi connectivity index (χ3v) is 6.81. The van der Waals surface area contributed by atoms with Crippen LogP contribution in [-0.2, 0) is 40.0 Å². The molecule has 0 bridgehead atoms. The Balaban J connectivity index is 1.95. The molecular weight excluding hydrogens is 562 g/mol. The van der Waals surface area contributed by atoms with Gasteiger partial charge >= 0.3 is 5.97 Å². The highest BCUT2D eigenvalue weighted by atomic mass is 16.4. The van der Waals surface area contributed by atoms with Gasteiger partial charge in [-0.1, -0.05) is 44.2 Å². The Labute approximate surface area is 249 Å². The minimum absolute atomic E-state index is 0.0833. The molecule has 1 aromatic rings. The van der Waals surface area contributed by atoms with Crippen molar-refractivity contribution in [2.75, 3.05) is 26.2 Å². The van der Waals surface area contributed by atoms with Gasteiger partial charge < -0.3 is 42.3 Å². The van der Waals surface area contributed by atoms with Crippen LogP contribution in [0, 0.1) is 5.92 Å². The first-order valence-corrected chi connectivity index (χ1v) is 14.0. The number of nitrogens with one attached hydrogen (secondary N) is 5. The SMILES string of the molecule is CC(C)[C@H](N)C(=O)N1CCC[C@H]1C(=O)NCC(=O)N[C@@H](Cc1ccccc1)C(=O)NCC(=O)N[C@@H](C)C(=O)NCC(=O)O. The Hall–Kier alpha value is -4.53. The van der Waals surface area contributed by atoms with Gasteiger partial charge in [0.1, 0.15) is 24.7 Å². The minimum atomic E-state index is -1.24. The van der Waals surface area contributed by atoms with Crippen LogP contribution < -0.4 is 32.3 Å². The fraction of sp³-hybridized carbons (Fsp3) is 0.536. The van der Waals surface area contributed by atoms with E-state index in [1.807, 2.05) is 13.8 Å². The van der Waals surface area contributed by atoms with Crippen LogP contribution in [0.15, 0.2) is 30.3 Å². The van der Waals surface area contributed by atoms with Gasteiger partial charge in [0, 0.05) is 13.0 Å². The lowest BCUT2D eigenvalue weighted by molar-refractivity contribution is -0.140. The van der Waals surface area contributed by atoms with Crippen LogP contribution in [0.5, 0.6) is 0 Å². The standard InChI is InChI=1S/C28H41N7O8/c1-16(2)24(29)28(43)35-11-7-10-20(35)27(42)31-14-22(37)34-19(12-18-8-5-4-6-9-18)26(41)30-13-21(36)33-17(3)25(40)32-15-23(38)39/h4-6,8-9,16-17,19-20,24H,7,10-15,29H2,1-3H3,(H,30,41)(H,31,42)(H,32,40)(H,33,36)(H,34,37)(H,38,39)/t17-,19-,20-,24-/m0/s1. The van der Waals surface area contributed by atoms with E-state index in [-0.39, 0.29) is 18.2 Å². The summed E-state index contributed by atoms with van der Waals surface area (Å²) in [6.07, 6.45) is 1.14. The zero-order valence-corrected chi connectivity index (χ0v) is 24.6. The molecule has 0 spiro atoms. The first-order valence-electron chi connectivity index (χ1n) is 14.0. The van der Waals surface area contributed by atoms with E-state index in [1.165, 1.54) is 11.8 Å². The number of aliphatic carboxylic acids is 1. The predicted molar refractivity (Wildman–Crippen MR) is 154 cm³/mol. The summed E-state index contributed by atoms with van der Waals surface area (Å²) in [5.74, 6) is -4.94. The lowest BCUT2D eigenvalue weighted by atomic mass is 10.0. The Kier molecular flexibility index (Phi) is 13.5. The average Bonchev–Trinajstić information content (AvgIpc) is 3.47. The summed E-state index contributed by atoms with van der Waals surface area (Å²) >= 11 is 0. The molecular formula is C28H41N7O8. The quantitative estimate of drug-likeness (QED) is 0.113. The molecule has 15 heteroatoms. The molecule has 6 amide bonds. The molecule has 1 aromatic carbocycles. The van der Waals surface area contributed by atoms with Gasteiger partial charge in [0.25, 0.3) is 0 Å². The molecule has 0 aromatic heterocycles. The number of carbonyl (C=O) groups is 7. The van der Waals surface area contributed by atoms with Gasteiger partial charge in [0.15, 0.2) is 0 Å². The molecule has 0 unspecified atom stereocenters. The van der Waals surface area contributed by atoms with Crippen molar-refractivity contribution >= 4 is 41.4 Å². The number of carboxylic acid groups (broad SMARTS) is 1. The summed E-state index contributed by atoms with van der Waals surface area (Å²) < 4.78 is 0. The summed E-state index contributed by atoms with van der Waals surface area (Å²) in [5, 5.41) is 20.6. The summed E-state index contributed by atoms with van der Waals surface area (Å²) in [5.41, 5.74) is 6.71. The normalized spacial score (nSPS) is 16.4. The van der Waals surface area contributed by atoms with Crippen LogP contribution in [0.2, 0.25) is 0 Å². The van der Waals surface area contributed by atoms with Crippen molar-refractivity contribution in [1.29, 1.82) is 0 Å². The van der Waals surface area contributed by atoms with E-state index in [9.17, 15) is 33.6 Å². The Morgan fingerprint density at radius 2 is 1.49 bits per heavy atom. The third kappa shape index (κ3) is 11.3. The van der Waals surface area contributed by atoms with Crippen molar-refractivity contribution in [2.45, 2.75) is 64.2 Å². The number of rotatable bonds is 15. The van der Waals surface area contributed by atoms with Crippen LogP contribution in [0.1, 0.15) is 39.2 Å². The van der Waals surface area contributed by atoms with Gasteiger partial charge in [0.05, 0.1) is 19.1 Å². The molecule has 43 heavy (non-hydrogen) atoms. The highest BCUT2D eigenvalue weighted by molar-refractivity contribution is 5.95. The molecule has 1 aliphatic heterocycles. The maximum absolute atomic E-state index is 13.0. The lowest BCUT2D eigenvalue weighted by Crippen LogP contribution is -2.55.